The second kappa shape index (κ2) is 6.94. The summed E-state index contributed by atoms with van der Waals surface area (Å²) in [6, 6.07) is 4.98. The van der Waals surface area contributed by atoms with E-state index in [1.165, 1.54) is 30.3 Å². The molecule has 1 aliphatic rings. The first kappa shape index (κ1) is 18.5. The number of alkyl halides is 2. The molecule has 1 aromatic carbocycles. The van der Waals surface area contributed by atoms with Gasteiger partial charge >= 0.3 is 5.97 Å². The van der Waals surface area contributed by atoms with Crippen molar-refractivity contribution in [2.24, 2.45) is 5.16 Å². The van der Waals surface area contributed by atoms with Crippen LogP contribution in [0.15, 0.2) is 41.1 Å². The van der Waals surface area contributed by atoms with Gasteiger partial charge in [-0.1, -0.05) is 37.0 Å². The Hall–Kier alpha value is -1.87. The van der Waals surface area contributed by atoms with Gasteiger partial charge in [0.15, 0.2) is 5.78 Å². The quantitative estimate of drug-likeness (QED) is 0.298. The molecule has 2 unspecified atom stereocenters. The molecule has 2 rings (SSSR count). The average Bonchev–Trinajstić information content (AvgIpc) is 2.52. The molecular weight excluding hydrogens is 448 g/mol. The molecule has 0 fully saturated rings. The predicted octanol–water partition coefficient (Wildman–Crippen LogP) is 3.55. The molecule has 9 heteroatoms. The smallest absolute Gasteiger partial charge is 0.312 e. The molecule has 1 aliphatic carbocycles. The lowest BCUT2D eigenvalue weighted by Crippen LogP contribution is -2.46. The SMILES string of the molecule is CC1=CC(=O)C(Br)C(C)(Br)/C1=N/OC(=O)c1ccc([N+](=O)[O-])cc1. The fourth-order valence-corrected chi connectivity index (χ4v) is 3.11. The minimum atomic E-state index is -0.835. The normalized spacial score (nSPS) is 25.3. The number of halogens is 2. The van der Waals surface area contributed by atoms with Gasteiger partial charge in [-0.2, -0.15) is 0 Å². The van der Waals surface area contributed by atoms with E-state index in [-0.39, 0.29) is 17.0 Å². The van der Waals surface area contributed by atoms with Gasteiger partial charge in [0.25, 0.3) is 5.69 Å². The number of nitrogens with zero attached hydrogens (tertiary/aromatic N) is 2. The maximum absolute atomic E-state index is 12.0. The van der Waals surface area contributed by atoms with Gasteiger partial charge in [-0.15, -0.1) is 0 Å². The topological polar surface area (TPSA) is 98.9 Å². The lowest BCUT2D eigenvalue weighted by atomic mass is 9.88. The molecule has 0 heterocycles. The lowest BCUT2D eigenvalue weighted by Gasteiger charge is -2.31. The number of carbonyl (C=O) groups is 2. The van der Waals surface area contributed by atoms with E-state index in [2.05, 4.69) is 37.0 Å². The number of oxime groups is 1. The number of allylic oxidation sites excluding steroid dienone is 2. The fraction of sp³-hybridized carbons (Fsp3) is 0.267. The van der Waals surface area contributed by atoms with E-state index in [1.807, 2.05) is 0 Å². The van der Waals surface area contributed by atoms with Crippen LogP contribution in [0.5, 0.6) is 0 Å². The van der Waals surface area contributed by atoms with Crippen LogP contribution in [0.3, 0.4) is 0 Å². The summed E-state index contributed by atoms with van der Waals surface area (Å²) in [6.07, 6.45) is 1.42. The van der Waals surface area contributed by atoms with Gasteiger partial charge in [0.05, 0.1) is 19.6 Å². The van der Waals surface area contributed by atoms with Crippen molar-refractivity contribution in [3.8, 4) is 0 Å². The molecule has 0 aromatic heterocycles. The maximum Gasteiger partial charge on any atom is 0.365 e. The summed E-state index contributed by atoms with van der Waals surface area (Å²) >= 11 is 6.72. The van der Waals surface area contributed by atoms with Gasteiger partial charge < -0.3 is 4.84 Å². The van der Waals surface area contributed by atoms with Crippen LogP contribution in [-0.2, 0) is 9.63 Å². The standard InChI is InChI=1S/C15H12Br2N2O5/c1-8-7-11(20)12(16)15(2,17)13(8)18-24-14(21)9-3-5-10(6-4-9)19(22)23/h3-7,12H,1-2H3/b18-13+. The van der Waals surface area contributed by atoms with E-state index in [4.69, 9.17) is 4.84 Å². The van der Waals surface area contributed by atoms with Crippen LogP contribution in [0.2, 0.25) is 0 Å². The number of benzene rings is 1. The number of ketones is 1. The van der Waals surface area contributed by atoms with E-state index in [9.17, 15) is 19.7 Å². The van der Waals surface area contributed by atoms with Gasteiger partial charge in [-0.05, 0) is 37.6 Å². The monoisotopic (exact) mass is 458 g/mol. The van der Waals surface area contributed by atoms with Crippen LogP contribution in [0.1, 0.15) is 24.2 Å². The molecule has 1 aromatic rings. The molecule has 0 saturated heterocycles. The number of hydrogen-bond donors (Lipinski definition) is 0. The molecule has 0 saturated carbocycles. The highest BCUT2D eigenvalue weighted by atomic mass is 79.9. The molecule has 2 atom stereocenters. The van der Waals surface area contributed by atoms with Crippen molar-refractivity contribution in [3.63, 3.8) is 0 Å². The van der Waals surface area contributed by atoms with Crippen LogP contribution in [0, 0.1) is 10.1 Å². The lowest BCUT2D eigenvalue weighted by molar-refractivity contribution is -0.384. The third-order valence-corrected chi connectivity index (χ3v) is 6.27. The molecule has 0 amide bonds. The zero-order valence-corrected chi connectivity index (χ0v) is 15.8. The van der Waals surface area contributed by atoms with Gasteiger partial charge in [0.1, 0.15) is 5.71 Å². The molecule has 0 spiro atoms. The van der Waals surface area contributed by atoms with E-state index in [1.54, 1.807) is 13.8 Å². The van der Waals surface area contributed by atoms with Gasteiger partial charge in [0, 0.05) is 12.1 Å². The molecule has 126 valence electrons. The fourth-order valence-electron chi connectivity index (χ4n) is 2.15. The Balaban J connectivity index is 2.22. The summed E-state index contributed by atoms with van der Waals surface area (Å²) in [4.78, 5) is 38.3. The Morgan fingerprint density at radius 3 is 2.50 bits per heavy atom. The molecule has 24 heavy (non-hydrogen) atoms. The number of rotatable bonds is 3. The predicted molar refractivity (Wildman–Crippen MR) is 94.8 cm³/mol. The molecule has 0 radical (unpaired) electrons. The van der Waals surface area contributed by atoms with Crippen LogP contribution in [-0.4, -0.2) is 31.5 Å². The highest BCUT2D eigenvalue weighted by molar-refractivity contribution is 9.13. The van der Waals surface area contributed by atoms with Crippen molar-refractivity contribution in [2.75, 3.05) is 0 Å². The second-order valence-corrected chi connectivity index (χ2v) is 7.85. The highest BCUT2D eigenvalue weighted by Gasteiger charge is 2.43. The van der Waals surface area contributed by atoms with Crippen molar-refractivity contribution in [1.82, 2.24) is 0 Å². The molecule has 0 N–H and O–H groups in total. The molecule has 7 nitrogen and oxygen atoms in total. The largest absolute Gasteiger partial charge is 0.365 e. The Bertz CT molecular complexity index is 769. The Labute approximate surface area is 154 Å². The zero-order valence-electron chi connectivity index (χ0n) is 12.7. The van der Waals surface area contributed by atoms with Crippen molar-refractivity contribution in [2.45, 2.75) is 23.0 Å². The van der Waals surface area contributed by atoms with E-state index >= 15 is 0 Å². The van der Waals surface area contributed by atoms with E-state index in [0.29, 0.717) is 11.3 Å². The first-order chi connectivity index (χ1) is 11.1. The Morgan fingerprint density at radius 2 is 1.96 bits per heavy atom. The van der Waals surface area contributed by atoms with Gasteiger partial charge in [-0.3, -0.25) is 14.9 Å². The number of nitro benzene ring substituents is 1. The summed E-state index contributed by atoms with van der Waals surface area (Å²) < 4.78 is -0.835. The van der Waals surface area contributed by atoms with Crippen molar-refractivity contribution in [1.29, 1.82) is 0 Å². The van der Waals surface area contributed by atoms with Crippen LogP contribution in [0.4, 0.5) is 5.69 Å². The van der Waals surface area contributed by atoms with Crippen molar-refractivity contribution in [3.05, 3.63) is 51.6 Å². The van der Waals surface area contributed by atoms with Gasteiger partial charge in [0.2, 0.25) is 0 Å². The first-order valence-electron chi connectivity index (χ1n) is 6.74. The second-order valence-electron chi connectivity index (χ2n) is 5.29. The van der Waals surface area contributed by atoms with Crippen molar-refractivity contribution >= 4 is 55.0 Å². The molecule has 0 bridgehead atoms. The summed E-state index contributed by atoms with van der Waals surface area (Å²) in [5, 5.41) is 14.5. The average molecular weight is 460 g/mol. The zero-order chi connectivity index (χ0) is 18.1. The van der Waals surface area contributed by atoms with Crippen molar-refractivity contribution < 1.29 is 19.3 Å². The van der Waals surface area contributed by atoms with Gasteiger partial charge in [-0.25, -0.2) is 4.79 Å². The number of carbonyl (C=O) groups excluding carboxylic acids is 2. The minimum Gasteiger partial charge on any atom is -0.312 e. The molecular formula is C15H12Br2N2O5. The molecule has 0 aliphatic heterocycles. The summed E-state index contributed by atoms with van der Waals surface area (Å²) in [7, 11) is 0. The maximum atomic E-state index is 12.0. The number of nitro groups is 1. The number of hydrogen-bond acceptors (Lipinski definition) is 6. The third-order valence-electron chi connectivity index (χ3n) is 3.45. The summed E-state index contributed by atoms with van der Waals surface area (Å²) in [5.74, 6) is -0.871. The number of non-ortho nitro benzene ring substituents is 1. The van der Waals surface area contributed by atoms with E-state index < -0.39 is 20.0 Å². The minimum absolute atomic E-state index is 0.118. The Morgan fingerprint density at radius 1 is 1.38 bits per heavy atom. The van der Waals surface area contributed by atoms with Crippen LogP contribution < -0.4 is 0 Å². The third kappa shape index (κ3) is 3.62. The van der Waals surface area contributed by atoms with Crippen LogP contribution >= 0.6 is 31.9 Å². The van der Waals surface area contributed by atoms with E-state index in [0.717, 1.165) is 0 Å². The highest BCUT2D eigenvalue weighted by Crippen LogP contribution is 2.36. The summed E-state index contributed by atoms with van der Waals surface area (Å²) in [6.45, 7) is 3.42. The summed E-state index contributed by atoms with van der Waals surface area (Å²) in [5.41, 5.74) is 0.980. The first-order valence-corrected chi connectivity index (χ1v) is 8.45. The Kier molecular flexibility index (Phi) is 5.34. The van der Waals surface area contributed by atoms with Crippen LogP contribution in [0.25, 0.3) is 0 Å².